The molecule has 1 heterocycles. The van der Waals surface area contributed by atoms with Gasteiger partial charge in [0, 0.05) is 24.2 Å². The third-order valence-corrected chi connectivity index (χ3v) is 6.50. The minimum absolute atomic E-state index is 0.0656. The Hall–Kier alpha value is -2.29. The summed E-state index contributed by atoms with van der Waals surface area (Å²) in [4.78, 5) is 14.2. The maximum atomic E-state index is 12.5. The van der Waals surface area contributed by atoms with Crippen LogP contribution in [0.3, 0.4) is 0 Å². The Bertz CT molecular complexity index is 924. The van der Waals surface area contributed by atoms with Gasteiger partial charge in [-0.2, -0.15) is 0 Å². The Morgan fingerprint density at radius 1 is 1.07 bits per heavy atom. The number of ether oxygens (including phenoxy) is 2. The first-order valence-corrected chi connectivity index (χ1v) is 11.1. The number of likely N-dealkylation sites (tertiary alicyclic amines) is 1. The van der Waals surface area contributed by atoms with Crippen LogP contribution in [0.5, 0.6) is 11.5 Å². The van der Waals surface area contributed by atoms with Gasteiger partial charge < -0.3 is 14.4 Å². The molecule has 0 aliphatic carbocycles. The van der Waals surface area contributed by atoms with Crippen LogP contribution in [0.25, 0.3) is 0 Å². The molecule has 7 nitrogen and oxygen atoms in total. The van der Waals surface area contributed by atoms with Crippen molar-refractivity contribution in [2.75, 3.05) is 26.8 Å². The Morgan fingerprint density at radius 3 is 2.24 bits per heavy atom. The van der Waals surface area contributed by atoms with Crippen LogP contribution in [0, 0.1) is 0 Å². The number of halogens is 1. The fourth-order valence-corrected chi connectivity index (χ4v) is 4.49. The predicted molar refractivity (Wildman–Crippen MR) is 110 cm³/mol. The molecule has 0 aromatic heterocycles. The topological polar surface area (TPSA) is 84.9 Å². The highest BCUT2D eigenvalue weighted by atomic mass is 35.5. The standard InChI is InChI=1S/C20H23ClN2O5S/c1-27-17-6-8-19(9-7-17)29(25,26)22-16-10-12-23(13-11-16)20(24)14-28-18-4-2-15(21)3-5-18/h2-9,16,22H,10-14H2,1H3. The average Bonchev–Trinajstić information content (AvgIpc) is 2.73. The monoisotopic (exact) mass is 438 g/mol. The van der Waals surface area contributed by atoms with Gasteiger partial charge in [0.1, 0.15) is 11.5 Å². The molecular weight excluding hydrogens is 416 g/mol. The quantitative estimate of drug-likeness (QED) is 0.718. The van der Waals surface area contributed by atoms with E-state index in [2.05, 4.69) is 4.72 Å². The lowest BCUT2D eigenvalue weighted by Crippen LogP contribution is -2.47. The van der Waals surface area contributed by atoms with E-state index in [-0.39, 0.29) is 23.5 Å². The van der Waals surface area contributed by atoms with Crippen LogP contribution in [0.1, 0.15) is 12.8 Å². The molecule has 156 valence electrons. The molecule has 1 N–H and O–H groups in total. The number of carbonyl (C=O) groups is 1. The number of carbonyl (C=O) groups excluding carboxylic acids is 1. The third-order valence-electron chi connectivity index (χ3n) is 4.72. The van der Waals surface area contributed by atoms with E-state index in [9.17, 15) is 13.2 Å². The Morgan fingerprint density at radius 2 is 1.66 bits per heavy atom. The summed E-state index contributed by atoms with van der Waals surface area (Å²) in [5.41, 5.74) is 0. The van der Waals surface area contributed by atoms with Crippen molar-refractivity contribution in [1.29, 1.82) is 0 Å². The van der Waals surface area contributed by atoms with Crippen molar-refractivity contribution in [2.24, 2.45) is 0 Å². The lowest BCUT2D eigenvalue weighted by atomic mass is 10.1. The summed E-state index contributed by atoms with van der Waals surface area (Å²) in [6, 6.07) is 12.8. The van der Waals surface area contributed by atoms with Crippen molar-refractivity contribution in [3.05, 3.63) is 53.6 Å². The van der Waals surface area contributed by atoms with Gasteiger partial charge in [-0.25, -0.2) is 13.1 Å². The van der Waals surface area contributed by atoms with Gasteiger partial charge in [0.25, 0.3) is 5.91 Å². The van der Waals surface area contributed by atoms with Gasteiger partial charge in [0.2, 0.25) is 10.0 Å². The molecule has 2 aromatic rings. The summed E-state index contributed by atoms with van der Waals surface area (Å²) in [6.07, 6.45) is 1.09. The number of amides is 1. The van der Waals surface area contributed by atoms with Gasteiger partial charge in [-0.15, -0.1) is 0 Å². The van der Waals surface area contributed by atoms with Gasteiger partial charge in [0.15, 0.2) is 6.61 Å². The summed E-state index contributed by atoms with van der Waals surface area (Å²) >= 11 is 5.82. The van der Waals surface area contributed by atoms with Crippen molar-refractivity contribution in [3.63, 3.8) is 0 Å². The number of hydrogen-bond donors (Lipinski definition) is 1. The predicted octanol–water partition coefficient (Wildman–Crippen LogP) is 2.70. The molecular formula is C20H23ClN2O5S. The highest BCUT2D eigenvalue weighted by Crippen LogP contribution is 2.19. The highest BCUT2D eigenvalue weighted by Gasteiger charge is 2.26. The number of nitrogens with one attached hydrogen (secondary N) is 1. The molecule has 0 radical (unpaired) electrons. The van der Waals surface area contributed by atoms with E-state index in [1.54, 1.807) is 41.3 Å². The van der Waals surface area contributed by atoms with E-state index in [0.29, 0.717) is 42.5 Å². The smallest absolute Gasteiger partial charge is 0.260 e. The Labute approximate surface area is 175 Å². The normalized spacial score (nSPS) is 15.2. The second-order valence-corrected chi connectivity index (χ2v) is 8.84. The van der Waals surface area contributed by atoms with E-state index in [1.807, 2.05) is 0 Å². The first kappa shape index (κ1) is 21.4. The summed E-state index contributed by atoms with van der Waals surface area (Å²) in [5, 5.41) is 0.600. The van der Waals surface area contributed by atoms with Crippen molar-refractivity contribution in [1.82, 2.24) is 9.62 Å². The zero-order chi connectivity index (χ0) is 20.9. The molecule has 0 atom stereocenters. The second kappa shape index (κ2) is 9.47. The van der Waals surface area contributed by atoms with Crippen LogP contribution in [0.15, 0.2) is 53.4 Å². The minimum Gasteiger partial charge on any atom is -0.497 e. The molecule has 1 saturated heterocycles. The molecule has 3 rings (SSSR count). The summed E-state index contributed by atoms with van der Waals surface area (Å²) in [6.45, 7) is 0.876. The first-order valence-electron chi connectivity index (χ1n) is 9.20. The minimum atomic E-state index is -3.62. The SMILES string of the molecule is COc1ccc(S(=O)(=O)NC2CCN(C(=O)COc3ccc(Cl)cc3)CC2)cc1. The molecule has 1 amide bonds. The fourth-order valence-electron chi connectivity index (χ4n) is 3.06. The number of rotatable bonds is 7. The largest absolute Gasteiger partial charge is 0.497 e. The van der Waals surface area contributed by atoms with Crippen molar-refractivity contribution < 1.29 is 22.7 Å². The van der Waals surface area contributed by atoms with Gasteiger partial charge >= 0.3 is 0 Å². The number of sulfonamides is 1. The lowest BCUT2D eigenvalue weighted by molar-refractivity contribution is -0.134. The first-order chi connectivity index (χ1) is 13.9. The molecule has 0 bridgehead atoms. The van der Waals surface area contributed by atoms with Gasteiger partial charge in [-0.05, 0) is 61.4 Å². The van der Waals surface area contributed by atoms with Crippen LogP contribution < -0.4 is 14.2 Å². The van der Waals surface area contributed by atoms with Crippen LogP contribution in [-0.4, -0.2) is 52.1 Å². The number of nitrogens with zero attached hydrogens (tertiary/aromatic N) is 1. The molecule has 0 saturated carbocycles. The number of methoxy groups -OCH3 is 1. The van der Waals surface area contributed by atoms with Crippen LogP contribution in [0.2, 0.25) is 5.02 Å². The summed E-state index contributed by atoms with van der Waals surface area (Å²) < 4.78 is 38.3. The third kappa shape index (κ3) is 5.85. The van der Waals surface area contributed by atoms with Gasteiger partial charge in [0.05, 0.1) is 12.0 Å². The maximum Gasteiger partial charge on any atom is 0.260 e. The Balaban J connectivity index is 1.47. The molecule has 0 unspecified atom stereocenters. The number of hydrogen-bond acceptors (Lipinski definition) is 5. The van der Waals surface area contributed by atoms with E-state index in [4.69, 9.17) is 21.1 Å². The average molecular weight is 439 g/mol. The Kier molecular flexibility index (Phi) is 7.00. The van der Waals surface area contributed by atoms with Crippen LogP contribution in [-0.2, 0) is 14.8 Å². The number of benzene rings is 2. The van der Waals surface area contributed by atoms with E-state index < -0.39 is 10.0 Å². The van der Waals surface area contributed by atoms with E-state index in [0.717, 1.165) is 0 Å². The lowest BCUT2D eigenvalue weighted by Gasteiger charge is -2.32. The molecule has 1 aliphatic heterocycles. The van der Waals surface area contributed by atoms with Crippen LogP contribution >= 0.6 is 11.6 Å². The van der Waals surface area contributed by atoms with Crippen molar-refractivity contribution in [3.8, 4) is 11.5 Å². The van der Waals surface area contributed by atoms with Crippen LogP contribution in [0.4, 0.5) is 0 Å². The van der Waals surface area contributed by atoms with E-state index >= 15 is 0 Å². The fraction of sp³-hybridized carbons (Fsp3) is 0.350. The molecule has 0 spiro atoms. The molecule has 1 fully saturated rings. The van der Waals surface area contributed by atoms with Crippen molar-refractivity contribution >= 4 is 27.5 Å². The molecule has 29 heavy (non-hydrogen) atoms. The molecule has 2 aromatic carbocycles. The highest BCUT2D eigenvalue weighted by molar-refractivity contribution is 7.89. The zero-order valence-electron chi connectivity index (χ0n) is 16.0. The molecule has 1 aliphatic rings. The van der Waals surface area contributed by atoms with E-state index in [1.165, 1.54) is 19.2 Å². The van der Waals surface area contributed by atoms with Crippen molar-refractivity contribution in [2.45, 2.75) is 23.8 Å². The summed E-state index contributed by atoms with van der Waals surface area (Å²) in [7, 11) is -2.09. The second-order valence-electron chi connectivity index (χ2n) is 6.69. The number of piperidine rings is 1. The molecule has 9 heteroatoms. The van der Waals surface area contributed by atoms with Gasteiger partial charge in [-0.1, -0.05) is 11.6 Å². The zero-order valence-corrected chi connectivity index (χ0v) is 17.6. The van der Waals surface area contributed by atoms with Gasteiger partial charge in [-0.3, -0.25) is 4.79 Å². The maximum absolute atomic E-state index is 12.5. The summed E-state index contributed by atoms with van der Waals surface area (Å²) in [5.74, 6) is 1.04.